The molecule has 0 unspecified atom stereocenters. The van der Waals surface area contributed by atoms with Gasteiger partial charge in [0.05, 0.1) is 6.54 Å². The van der Waals surface area contributed by atoms with Gasteiger partial charge < -0.3 is 20.7 Å². The Morgan fingerprint density at radius 3 is 2.56 bits per heavy atom. The predicted octanol–water partition coefficient (Wildman–Crippen LogP) is 2.21. The van der Waals surface area contributed by atoms with Crippen LogP contribution in [-0.2, 0) is 11.3 Å². The summed E-state index contributed by atoms with van der Waals surface area (Å²) in [5.74, 6) is 0.921. The van der Waals surface area contributed by atoms with E-state index in [0.29, 0.717) is 31.2 Å². The Bertz CT molecular complexity index is 646. The molecule has 150 valence electrons. The number of para-hydroxylation sites is 1. The van der Waals surface area contributed by atoms with Gasteiger partial charge in [-0.25, -0.2) is 4.99 Å². The molecule has 27 heavy (non-hydrogen) atoms. The van der Waals surface area contributed by atoms with Crippen molar-refractivity contribution >= 4 is 11.9 Å². The number of rotatable bonds is 9. The Balaban J connectivity index is 1.86. The highest BCUT2D eigenvalue weighted by atomic mass is 19.4. The number of guanidine groups is 1. The smallest absolute Gasteiger partial charge is 0.422 e. The second-order valence-electron chi connectivity index (χ2n) is 6.20. The lowest BCUT2D eigenvalue weighted by Crippen LogP contribution is -2.41. The number of alkyl halides is 3. The van der Waals surface area contributed by atoms with E-state index in [0.717, 1.165) is 12.8 Å². The van der Waals surface area contributed by atoms with Crippen LogP contribution >= 0.6 is 0 Å². The van der Waals surface area contributed by atoms with Gasteiger partial charge in [-0.15, -0.1) is 0 Å². The van der Waals surface area contributed by atoms with Gasteiger partial charge in [0.25, 0.3) is 0 Å². The van der Waals surface area contributed by atoms with E-state index in [1.165, 1.54) is 6.07 Å². The van der Waals surface area contributed by atoms with E-state index in [2.05, 4.69) is 20.9 Å². The maximum absolute atomic E-state index is 12.4. The van der Waals surface area contributed by atoms with E-state index in [-0.39, 0.29) is 24.1 Å². The van der Waals surface area contributed by atoms with Crippen LogP contribution in [0.1, 0.15) is 25.3 Å². The summed E-state index contributed by atoms with van der Waals surface area (Å²) in [6.45, 7) is 2.34. The molecule has 0 bridgehead atoms. The Kier molecular flexibility index (Phi) is 7.75. The lowest BCUT2D eigenvalue weighted by atomic mass is 10.2. The minimum absolute atomic E-state index is 0.0782. The third-order valence-electron chi connectivity index (χ3n) is 3.78. The molecular formula is C18H25F3N4O2. The van der Waals surface area contributed by atoms with E-state index in [1.807, 2.05) is 6.92 Å². The van der Waals surface area contributed by atoms with Gasteiger partial charge in [-0.05, 0) is 25.8 Å². The first-order chi connectivity index (χ1) is 12.9. The number of ether oxygens (including phenoxy) is 1. The number of amides is 1. The number of nitrogens with one attached hydrogen (secondary N) is 3. The fourth-order valence-electron chi connectivity index (χ4n) is 2.30. The molecule has 0 spiro atoms. The molecule has 9 heteroatoms. The number of carbonyl (C=O) groups excluding carboxylic acids is 1. The first kappa shape index (κ1) is 20.9. The summed E-state index contributed by atoms with van der Waals surface area (Å²) in [6, 6.07) is 6.50. The van der Waals surface area contributed by atoms with Gasteiger partial charge in [-0.3, -0.25) is 4.79 Å². The number of hydrogen-bond donors (Lipinski definition) is 3. The van der Waals surface area contributed by atoms with Crippen LogP contribution in [0.2, 0.25) is 0 Å². The maximum Gasteiger partial charge on any atom is 0.422 e. The van der Waals surface area contributed by atoms with Crippen molar-refractivity contribution in [1.29, 1.82) is 0 Å². The van der Waals surface area contributed by atoms with Crippen molar-refractivity contribution in [3.05, 3.63) is 29.8 Å². The summed E-state index contributed by atoms with van der Waals surface area (Å²) >= 11 is 0. The van der Waals surface area contributed by atoms with Gasteiger partial charge >= 0.3 is 6.18 Å². The molecule has 0 heterocycles. The van der Waals surface area contributed by atoms with Crippen LogP contribution in [-0.4, -0.2) is 44.3 Å². The number of halogens is 3. The van der Waals surface area contributed by atoms with Crippen molar-refractivity contribution in [2.75, 3.05) is 26.2 Å². The Hall–Kier alpha value is -2.45. The molecule has 1 aliphatic carbocycles. The Labute approximate surface area is 156 Å². The van der Waals surface area contributed by atoms with E-state index in [1.54, 1.807) is 18.2 Å². The molecule has 1 amide bonds. The van der Waals surface area contributed by atoms with E-state index in [9.17, 15) is 18.0 Å². The molecule has 2 rings (SSSR count). The van der Waals surface area contributed by atoms with Gasteiger partial charge in [-0.1, -0.05) is 18.2 Å². The van der Waals surface area contributed by atoms with Gasteiger partial charge in [0.1, 0.15) is 5.75 Å². The van der Waals surface area contributed by atoms with Crippen LogP contribution in [0.25, 0.3) is 0 Å². The van der Waals surface area contributed by atoms with Crippen molar-refractivity contribution in [2.24, 2.45) is 10.9 Å². The number of aliphatic imine (C=N–C) groups is 1. The van der Waals surface area contributed by atoms with Crippen LogP contribution in [0.15, 0.2) is 29.3 Å². The Morgan fingerprint density at radius 1 is 1.19 bits per heavy atom. The number of benzene rings is 1. The summed E-state index contributed by atoms with van der Waals surface area (Å²) in [5, 5.41) is 8.99. The molecule has 0 aromatic heterocycles. The summed E-state index contributed by atoms with van der Waals surface area (Å²) in [6.07, 6.45) is -2.48. The molecule has 1 saturated carbocycles. The van der Waals surface area contributed by atoms with Crippen molar-refractivity contribution in [1.82, 2.24) is 16.0 Å². The zero-order chi connectivity index (χ0) is 19.7. The lowest BCUT2D eigenvalue weighted by Gasteiger charge is -2.14. The lowest BCUT2D eigenvalue weighted by molar-refractivity contribution is -0.153. The molecule has 0 saturated heterocycles. The molecule has 6 nitrogen and oxygen atoms in total. The molecule has 0 radical (unpaired) electrons. The fraction of sp³-hybridized carbons (Fsp3) is 0.556. The molecule has 3 N–H and O–H groups in total. The monoisotopic (exact) mass is 386 g/mol. The Morgan fingerprint density at radius 2 is 1.89 bits per heavy atom. The van der Waals surface area contributed by atoms with Gasteiger partial charge in [0.2, 0.25) is 5.91 Å². The SMILES string of the molecule is CCNC(=NCc1ccccc1OCC(F)(F)F)NCCNC(=O)C1CC1. The van der Waals surface area contributed by atoms with E-state index < -0.39 is 12.8 Å². The largest absolute Gasteiger partial charge is 0.484 e. The van der Waals surface area contributed by atoms with Crippen LogP contribution in [0.5, 0.6) is 5.75 Å². The van der Waals surface area contributed by atoms with E-state index in [4.69, 9.17) is 4.74 Å². The molecule has 1 aliphatic rings. The average Bonchev–Trinajstić information content (AvgIpc) is 3.46. The van der Waals surface area contributed by atoms with Crippen LogP contribution in [0.3, 0.4) is 0 Å². The standard InChI is InChI=1S/C18H25F3N4O2/c1-2-22-17(24-10-9-23-16(26)13-7-8-13)25-11-14-5-3-4-6-15(14)27-12-18(19,20)21/h3-6,13H,2,7-12H2,1H3,(H,23,26)(H2,22,24,25). The van der Waals surface area contributed by atoms with Crippen LogP contribution in [0.4, 0.5) is 13.2 Å². The maximum atomic E-state index is 12.4. The van der Waals surface area contributed by atoms with E-state index >= 15 is 0 Å². The summed E-state index contributed by atoms with van der Waals surface area (Å²) in [5.41, 5.74) is 0.556. The van der Waals surface area contributed by atoms with Gasteiger partial charge in [0, 0.05) is 31.1 Å². The predicted molar refractivity (Wildman–Crippen MR) is 96.5 cm³/mol. The zero-order valence-electron chi connectivity index (χ0n) is 15.2. The van der Waals surface area contributed by atoms with Crippen LogP contribution in [0, 0.1) is 5.92 Å². The summed E-state index contributed by atoms with van der Waals surface area (Å²) in [7, 11) is 0. The molecular weight excluding hydrogens is 361 g/mol. The highest BCUT2D eigenvalue weighted by Crippen LogP contribution is 2.28. The number of nitrogens with zero attached hydrogens (tertiary/aromatic N) is 1. The second kappa shape index (κ2) is 10.0. The third kappa shape index (κ3) is 8.19. The van der Waals surface area contributed by atoms with Crippen molar-refractivity contribution < 1.29 is 22.7 Å². The minimum atomic E-state index is -4.39. The molecule has 1 aromatic carbocycles. The average molecular weight is 386 g/mol. The number of carbonyl (C=O) groups is 1. The molecule has 0 atom stereocenters. The fourth-order valence-corrected chi connectivity index (χ4v) is 2.30. The summed E-state index contributed by atoms with van der Waals surface area (Å²) < 4.78 is 42.0. The molecule has 1 aromatic rings. The highest BCUT2D eigenvalue weighted by molar-refractivity contribution is 5.81. The summed E-state index contributed by atoms with van der Waals surface area (Å²) in [4.78, 5) is 16.0. The molecule has 1 fully saturated rings. The topological polar surface area (TPSA) is 74.8 Å². The quantitative estimate of drug-likeness (QED) is 0.346. The normalized spacial score (nSPS) is 14.6. The third-order valence-corrected chi connectivity index (χ3v) is 3.78. The second-order valence-corrected chi connectivity index (χ2v) is 6.20. The first-order valence-corrected chi connectivity index (χ1v) is 8.96. The zero-order valence-corrected chi connectivity index (χ0v) is 15.2. The number of hydrogen-bond acceptors (Lipinski definition) is 3. The van der Waals surface area contributed by atoms with Crippen molar-refractivity contribution in [3.63, 3.8) is 0 Å². The van der Waals surface area contributed by atoms with Gasteiger partial charge in [0.15, 0.2) is 12.6 Å². The highest BCUT2D eigenvalue weighted by Gasteiger charge is 2.29. The van der Waals surface area contributed by atoms with Crippen molar-refractivity contribution in [2.45, 2.75) is 32.5 Å². The first-order valence-electron chi connectivity index (χ1n) is 8.96. The van der Waals surface area contributed by atoms with Gasteiger partial charge in [-0.2, -0.15) is 13.2 Å². The minimum Gasteiger partial charge on any atom is -0.484 e. The molecule has 0 aliphatic heterocycles. The van der Waals surface area contributed by atoms with Crippen molar-refractivity contribution in [3.8, 4) is 5.75 Å². The van der Waals surface area contributed by atoms with Crippen LogP contribution < -0.4 is 20.7 Å².